The number of hydrogen-bond acceptors (Lipinski definition) is 0. The molecule has 0 saturated heterocycles. The maximum absolute atomic E-state index is 0. The van der Waals surface area contributed by atoms with E-state index in [-0.39, 0.29) is 83.6 Å². The standard InChI is InChI=1S/Ca.2ClH.Pt.2H/h;2*1H;;;. The molecule has 0 aromatic heterocycles. The first-order valence-corrected chi connectivity index (χ1v) is 0. The minimum Gasteiger partial charge on any atom is 0 e. The van der Waals surface area contributed by atoms with Crippen molar-refractivity contribution >= 4 is 62.6 Å². The van der Waals surface area contributed by atoms with Gasteiger partial charge in [-0.1, -0.05) is 0 Å². The van der Waals surface area contributed by atoms with Gasteiger partial charge in [0.05, 0.1) is 0 Å². The van der Waals surface area contributed by atoms with Crippen LogP contribution in [0.15, 0.2) is 0 Å². The molecule has 0 unspecified atom stereocenters. The molecule has 0 aliphatic carbocycles. The molecule has 0 radical (unpaired) electrons. The normalized spacial score (nSPS) is 0. The van der Waals surface area contributed by atoms with Gasteiger partial charge in [0.25, 0.3) is 0 Å². The monoisotopic (exact) mass is 309 g/mol. The van der Waals surface area contributed by atoms with Gasteiger partial charge in [-0.15, -0.1) is 24.8 Å². The van der Waals surface area contributed by atoms with Gasteiger partial charge in [0.15, 0.2) is 0 Å². The molecule has 0 saturated carbocycles. The Bertz CT molecular complexity index is 6.00. The maximum atomic E-state index is 0. The van der Waals surface area contributed by atoms with Gasteiger partial charge in [-0.25, -0.2) is 0 Å². The van der Waals surface area contributed by atoms with Crippen LogP contribution in [0.5, 0.6) is 0 Å². The van der Waals surface area contributed by atoms with E-state index in [1.165, 1.54) is 0 Å². The van der Waals surface area contributed by atoms with E-state index >= 15 is 0 Å². The fourth-order valence-corrected chi connectivity index (χ4v) is 0. The van der Waals surface area contributed by atoms with Crippen LogP contribution in [0.4, 0.5) is 0 Å². The average Bonchev–Trinajstić information content (AvgIpc) is 0. The van der Waals surface area contributed by atoms with Crippen LogP contribution < -0.4 is 0 Å². The van der Waals surface area contributed by atoms with Gasteiger partial charge in [0.2, 0.25) is 0 Å². The zero-order valence-electron chi connectivity index (χ0n) is 1.13. The first-order chi connectivity index (χ1) is 0. The van der Waals surface area contributed by atoms with Gasteiger partial charge in [0, 0.05) is 21.1 Å². The van der Waals surface area contributed by atoms with Crippen molar-refractivity contribution in [2.75, 3.05) is 0 Å². The Balaban J connectivity index is 0. The molecule has 0 atom stereocenters. The molecule has 0 rings (SSSR count). The van der Waals surface area contributed by atoms with E-state index in [0.29, 0.717) is 0 Å². The summed E-state index contributed by atoms with van der Waals surface area (Å²) >= 11 is 0. The molecular weight excluding hydrogens is 306 g/mol. The van der Waals surface area contributed by atoms with Crippen LogP contribution in [0.1, 0.15) is 0 Å². The molecule has 0 amide bonds. The number of halogens is 2. The number of rotatable bonds is 0. The molecule has 0 heterocycles. The summed E-state index contributed by atoms with van der Waals surface area (Å²) in [6.45, 7) is 0. The Morgan fingerprint density at radius 3 is 0.750 bits per heavy atom. The van der Waals surface area contributed by atoms with E-state index in [0.717, 1.165) is 0 Å². The van der Waals surface area contributed by atoms with Gasteiger partial charge in [-0.05, 0) is 0 Å². The smallest absolute Gasteiger partial charge is 0 e. The van der Waals surface area contributed by atoms with Crippen LogP contribution in [0.3, 0.4) is 0 Å². The van der Waals surface area contributed by atoms with Crippen LogP contribution >= 0.6 is 24.8 Å². The van der Waals surface area contributed by atoms with Gasteiger partial charge in [0.1, 0.15) is 0 Å². The zero-order chi connectivity index (χ0) is 0. The average molecular weight is 310 g/mol. The third kappa shape index (κ3) is 8.82. The molecule has 0 aliphatic rings. The van der Waals surface area contributed by atoms with Crippen molar-refractivity contribution in [3.8, 4) is 0 Å². The molecule has 4 heteroatoms. The third-order valence-corrected chi connectivity index (χ3v) is 0. The molecule has 0 nitrogen and oxygen atoms in total. The molecular formula is H4CaCl2Pt. The third-order valence-electron chi connectivity index (χ3n) is 0. The molecule has 0 N–H and O–H groups in total. The molecule has 0 aromatic carbocycles. The minimum absolute atomic E-state index is 0. The van der Waals surface area contributed by atoms with E-state index in [1.807, 2.05) is 0 Å². The molecule has 30 valence electrons. The Kier molecular flexibility index (Phi) is 138. The van der Waals surface area contributed by atoms with Crippen molar-refractivity contribution in [2.45, 2.75) is 0 Å². The predicted octanol–water partition coefficient (Wildman–Crippen LogP) is -0.0751. The van der Waals surface area contributed by atoms with E-state index in [1.54, 1.807) is 0 Å². The largest absolute Gasteiger partial charge is 0 e. The van der Waals surface area contributed by atoms with Crippen LogP contribution in [-0.2, 0) is 21.1 Å². The van der Waals surface area contributed by atoms with Crippen molar-refractivity contribution in [3.05, 3.63) is 0 Å². The van der Waals surface area contributed by atoms with Gasteiger partial charge in [-0.2, -0.15) is 0 Å². The fourth-order valence-electron chi connectivity index (χ4n) is 0. The van der Waals surface area contributed by atoms with Crippen molar-refractivity contribution in [3.63, 3.8) is 0 Å². The molecule has 0 aromatic rings. The van der Waals surface area contributed by atoms with Crippen molar-refractivity contribution in [1.82, 2.24) is 0 Å². The first kappa shape index (κ1) is 31.2. The summed E-state index contributed by atoms with van der Waals surface area (Å²) in [4.78, 5) is 0. The van der Waals surface area contributed by atoms with Crippen LogP contribution in [0.2, 0.25) is 0 Å². The van der Waals surface area contributed by atoms with Crippen LogP contribution in [0.25, 0.3) is 0 Å². The van der Waals surface area contributed by atoms with E-state index in [4.69, 9.17) is 0 Å². The Morgan fingerprint density at radius 2 is 0.750 bits per heavy atom. The van der Waals surface area contributed by atoms with E-state index in [9.17, 15) is 0 Å². The summed E-state index contributed by atoms with van der Waals surface area (Å²) in [7, 11) is 0. The second-order valence-corrected chi connectivity index (χ2v) is 0. The Labute approximate surface area is 82.2 Å². The predicted molar refractivity (Wildman–Crippen MR) is 23.0 cm³/mol. The van der Waals surface area contributed by atoms with Crippen LogP contribution in [-0.4, -0.2) is 37.7 Å². The van der Waals surface area contributed by atoms with E-state index in [2.05, 4.69) is 0 Å². The first-order valence-electron chi connectivity index (χ1n) is 0. The summed E-state index contributed by atoms with van der Waals surface area (Å²) in [6.07, 6.45) is 0. The molecule has 4 heavy (non-hydrogen) atoms. The molecule has 0 fully saturated rings. The van der Waals surface area contributed by atoms with Gasteiger partial charge < -0.3 is 0 Å². The summed E-state index contributed by atoms with van der Waals surface area (Å²) in [5.74, 6) is 0. The summed E-state index contributed by atoms with van der Waals surface area (Å²) in [5, 5.41) is 0. The van der Waals surface area contributed by atoms with Crippen molar-refractivity contribution < 1.29 is 21.1 Å². The topological polar surface area (TPSA) is 0 Å². The van der Waals surface area contributed by atoms with Gasteiger partial charge in [-0.3, -0.25) is 0 Å². The maximum Gasteiger partial charge on any atom is 0 e. The SMILES string of the molecule is Cl.Cl.[CaH2].[Pt]. The minimum atomic E-state index is 0. The molecule has 0 spiro atoms. The zero-order valence-corrected chi connectivity index (χ0v) is 5.04. The summed E-state index contributed by atoms with van der Waals surface area (Å²) in [6, 6.07) is 0. The van der Waals surface area contributed by atoms with Crippen molar-refractivity contribution in [2.24, 2.45) is 0 Å². The Hall–Kier alpha value is 2.53. The summed E-state index contributed by atoms with van der Waals surface area (Å²) in [5.41, 5.74) is 0. The van der Waals surface area contributed by atoms with E-state index < -0.39 is 0 Å². The molecule has 0 bridgehead atoms. The Morgan fingerprint density at radius 1 is 0.750 bits per heavy atom. The number of hydrogen-bond donors (Lipinski definition) is 0. The fraction of sp³-hybridized carbons (Fsp3) is 0. The van der Waals surface area contributed by atoms with Crippen LogP contribution in [0, 0.1) is 0 Å². The quantitative estimate of drug-likeness (QED) is 0.549. The summed E-state index contributed by atoms with van der Waals surface area (Å²) < 4.78 is 0. The molecule has 0 aliphatic heterocycles. The van der Waals surface area contributed by atoms with Gasteiger partial charge >= 0.3 is 37.7 Å². The van der Waals surface area contributed by atoms with Crippen molar-refractivity contribution in [1.29, 1.82) is 0 Å². The second-order valence-electron chi connectivity index (χ2n) is 0. The second kappa shape index (κ2) is 17.7.